The lowest BCUT2D eigenvalue weighted by Crippen LogP contribution is -2.48. The largest absolute Gasteiger partial charge is 0.451 e. The minimum absolute atomic E-state index is 0.0977. The summed E-state index contributed by atoms with van der Waals surface area (Å²) in [7, 11) is 0. The Balaban J connectivity index is 1.23. The van der Waals surface area contributed by atoms with Gasteiger partial charge in [-0.2, -0.15) is 0 Å². The Labute approximate surface area is 207 Å². The minimum atomic E-state index is -0.279. The van der Waals surface area contributed by atoms with Crippen molar-refractivity contribution in [2.45, 2.75) is 24.8 Å². The molecule has 3 N–H and O–H groups in total. The second kappa shape index (κ2) is 8.72. The molecule has 6 rings (SSSR count). The van der Waals surface area contributed by atoms with Crippen LogP contribution in [-0.2, 0) is 12.0 Å². The van der Waals surface area contributed by atoms with Crippen molar-refractivity contribution < 1.29 is 14.0 Å². The number of anilines is 1. The fourth-order valence-corrected chi connectivity index (χ4v) is 5.33. The molecule has 2 aromatic heterocycles. The zero-order valence-electron chi connectivity index (χ0n) is 19.6. The van der Waals surface area contributed by atoms with Gasteiger partial charge in [0.25, 0.3) is 11.8 Å². The van der Waals surface area contributed by atoms with Crippen LogP contribution in [0.15, 0.2) is 65.1 Å². The summed E-state index contributed by atoms with van der Waals surface area (Å²) in [5.74, 6) is 0.697. The quantitative estimate of drug-likeness (QED) is 0.456. The van der Waals surface area contributed by atoms with Crippen LogP contribution in [0.4, 0.5) is 5.69 Å². The summed E-state index contributed by atoms with van der Waals surface area (Å²) in [6, 6.07) is 19.3. The Morgan fingerprint density at radius 3 is 2.56 bits per heavy atom. The first-order valence-electron chi connectivity index (χ1n) is 11.9. The monoisotopic (exact) mass is 483 g/mol. The van der Waals surface area contributed by atoms with E-state index in [0.717, 1.165) is 22.4 Å². The van der Waals surface area contributed by atoms with Gasteiger partial charge in [0.2, 0.25) is 5.82 Å². The highest BCUT2D eigenvalue weighted by atomic mass is 16.4. The van der Waals surface area contributed by atoms with Gasteiger partial charge in [0.15, 0.2) is 5.76 Å². The zero-order valence-corrected chi connectivity index (χ0v) is 19.6. The number of aromatic amines is 1. The van der Waals surface area contributed by atoms with Gasteiger partial charge in [0.05, 0.1) is 0 Å². The zero-order chi connectivity index (χ0) is 24.7. The van der Waals surface area contributed by atoms with Gasteiger partial charge < -0.3 is 20.0 Å². The van der Waals surface area contributed by atoms with Crippen LogP contribution in [0, 0.1) is 0 Å². The Bertz CT molecular complexity index is 1410. The molecule has 0 radical (unpaired) electrons. The third-order valence-corrected chi connectivity index (χ3v) is 7.30. The SMILES string of the molecule is NCc1ccc2c(c1)C1(CCN(C(=O)c3ccc(-c4ccccc4)o3)CC1)CN2C(=O)c1nnn[nH]1. The number of carbonyl (C=O) groups is 2. The molecule has 0 atom stereocenters. The lowest BCUT2D eigenvalue weighted by molar-refractivity contribution is 0.0640. The van der Waals surface area contributed by atoms with Crippen LogP contribution in [0.25, 0.3) is 11.3 Å². The molecule has 10 nitrogen and oxygen atoms in total. The molecule has 4 heterocycles. The van der Waals surface area contributed by atoms with Gasteiger partial charge in [-0.05, 0) is 52.6 Å². The average molecular weight is 484 g/mol. The Hall–Kier alpha value is -4.31. The number of fused-ring (bicyclic) bond motifs is 2. The molecule has 2 aliphatic heterocycles. The summed E-state index contributed by atoms with van der Waals surface area (Å²) >= 11 is 0. The molecule has 1 fully saturated rings. The molecule has 0 aliphatic carbocycles. The van der Waals surface area contributed by atoms with Gasteiger partial charge in [-0.3, -0.25) is 9.59 Å². The number of rotatable bonds is 4. The fraction of sp³-hybridized carbons (Fsp3) is 0.269. The number of carbonyl (C=O) groups excluding carboxylic acids is 2. The average Bonchev–Trinajstić information content (AvgIpc) is 3.69. The van der Waals surface area contributed by atoms with Gasteiger partial charge in [0, 0.05) is 42.8 Å². The van der Waals surface area contributed by atoms with E-state index in [1.165, 1.54) is 0 Å². The maximum atomic E-state index is 13.2. The van der Waals surface area contributed by atoms with Crippen LogP contribution in [0.5, 0.6) is 0 Å². The van der Waals surface area contributed by atoms with Crippen molar-refractivity contribution in [2.75, 3.05) is 24.5 Å². The summed E-state index contributed by atoms with van der Waals surface area (Å²) in [4.78, 5) is 30.0. The van der Waals surface area contributed by atoms with Crippen molar-refractivity contribution in [3.63, 3.8) is 0 Å². The van der Waals surface area contributed by atoms with Gasteiger partial charge in [-0.25, -0.2) is 5.10 Å². The van der Waals surface area contributed by atoms with Crippen LogP contribution in [0.1, 0.15) is 45.1 Å². The molecule has 0 bridgehead atoms. The van der Waals surface area contributed by atoms with E-state index < -0.39 is 0 Å². The molecule has 36 heavy (non-hydrogen) atoms. The highest BCUT2D eigenvalue weighted by molar-refractivity contribution is 6.05. The first-order valence-corrected chi connectivity index (χ1v) is 11.9. The summed E-state index contributed by atoms with van der Waals surface area (Å²) < 4.78 is 5.90. The van der Waals surface area contributed by atoms with Crippen molar-refractivity contribution in [3.8, 4) is 11.3 Å². The third-order valence-electron chi connectivity index (χ3n) is 7.30. The number of aromatic nitrogens is 4. The van der Waals surface area contributed by atoms with E-state index in [0.29, 0.717) is 50.5 Å². The molecule has 182 valence electrons. The number of hydrogen-bond acceptors (Lipinski definition) is 7. The summed E-state index contributed by atoms with van der Waals surface area (Å²) in [6.45, 7) is 2.02. The second-order valence-corrected chi connectivity index (χ2v) is 9.30. The van der Waals surface area contributed by atoms with E-state index in [1.807, 2.05) is 53.4 Å². The third kappa shape index (κ3) is 3.66. The molecule has 1 spiro atoms. The summed E-state index contributed by atoms with van der Waals surface area (Å²) in [6.07, 6.45) is 1.43. The Morgan fingerprint density at radius 1 is 1.03 bits per heavy atom. The van der Waals surface area contributed by atoms with Gasteiger partial charge in [0.1, 0.15) is 5.76 Å². The molecule has 2 aromatic carbocycles. The van der Waals surface area contributed by atoms with E-state index >= 15 is 0 Å². The Morgan fingerprint density at radius 2 is 1.83 bits per heavy atom. The standard InChI is InChI=1S/C26H25N7O3/c27-15-17-6-7-20-19(14-17)26(16-33(20)25(35)23-28-30-31-29-23)10-12-32(13-11-26)24(34)22-9-8-21(36-22)18-4-2-1-3-5-18/h1-9,14H,10-13,15-16,27H2,(H,28,29,30,31). The number of H-pyrrole nitrogens is 1. The second-order valence-electron chi connectivity index (χ2n) is 9.30. The molecule has 0 unspecified atom stereocenters. The molecule has 4 aromatic rings. The van der Waals surface area contributed by atoms with Crippen molar-refractivity contribution in [2.24, 2.45) is 5.73 Å². The number of benzene rings is 2. The first kappa shape index (κ1) is 22.2. The van der Waals surface area contributed by atoms with E-state index in [1.54, 1.807) is 11.0 Å². The van der Waals surface area contributed by atoms with Crippen molar-refractivity contribution in [1.82, 2.24) is 25.5 Å². The normalized spacial score (nSPS) is 16.4. The molecule has 0 saturated carbocycles. The van der Waals surface area contributed by atoms with Crippen LogP contribution >= 0.6 is 0 Å². The number of likely N-dealkylation sites (tertiary alicyclic amines) is 1. The number of amides is 2. The van der Waals surface area contributed by atoms with Crippen LogP contribution in [-0.4, -0.2) is 57.0 Å². The molecule has 2 amide bonds. The van der Waals surface area contributed by atoms with E-state index in [9.17, 15) is 9.59 Å². The van der Waals surface area contributed by atoms with Gasteiger partial charge >= 0.3 is 0 Å². The number of hydrogen-bond donors (Lipinski definition) is 2. The predicted octanol–water partition coefficient (Wildman–Crippen LogP) is 2.75. The highest BCUT2D eigenvalue weighted by Crippen LogP contribution is 2.48. The summed E-state index contributed by atoms with van der Waals surface area (Å²) in [5, 5.41) is 13.5. The van der Waals surface area contributed by atoms with Crippen molar-refractivity contribution in [1.29, 1.82) is 0 Å². The number of nitrogens with one attached hydrogen (secondary N) is 1. The smallest absolute Gasteiger partial charge is 0.297 e. The number of nitrogens with zero attached hydrogens (tertiary/aromatic N) is 5. The number of tetrazole rings is 1. The lowest BCUT2D eigenvalue weighted by atomic mass is 9.74. The molecule has 1 saturated heterocycles. The molecular formula is C26H25N7O3. The van der Waals surface area contributed by atoms with E-state index in [4.69, 9.17) is 10.2 Å². The molecular weight excluding hydrogens is 458 g/mol. The maximum Gasteiger partial charge on any atom is 0.297 e. The molecule has 10 heteroatoms. The van der Waals surface area contributed by atoms with E-state index in [2.05, 4.69) is 26.7 Å². The lowest BCUT2D eigenvalue weighted by Gasteiger charge is -2.39. The van der Waals surface area contributed by atoms with Crippen molar-refractivity contribution >= 4 is 17.5 Å². The molecule has 2 aliphatic rings. The highest BCUT2D eigenvalue weighted by Gasteiger charge is 2.47. The van der Waals surface area contributed by atoms with Gasteiger partial charge in [-0.1, -0.05) is 42.5 Å². The number of furan rings is 1. The minimum Gasteiger partial charge on any atom is -0.451 e. The number of nitrogens with two attached hydrogens (primary N) is 1. The van der Waals surface area contributed by atoms with Gasteiger partial charge in [-0.15, -0.1) is 5.10 Å². The topological polar surface area (TPSA) is 134 Å². The maximum absolute atomic E-state index is 13.2. The van der Waals surface area contributed by atoms with Crippen LogP contribution in [0.3, 0.4) is 0 Å². The Kier molecular flexibility index (Phi) is 5.37. The number of piperidine rings is 1. The summed E-state index contributed by atoms with van der Waals surface area (Å²) in [5.41, 5.74) is 9.51. The first-order chi connectivity index (χ1) is 17.6. The van der Waals surface area contributed by atoms with E-state index in [-0.39, 0.29) is 23.1 Å². The predicted molar refractivity (Wildman–Crippen MR) is 131 cm³/mol. The fourth-order valence-electron chi connectivity index (χ4n) is 5.33. The van der Waals surface area contributed by atoms with Crippen molar-refractivity contribution in [3.05, 3.63) is 83.4 Å². The van der Waals surface area contributed by atoms with Crippen LogP contribution < -0.4 is 10.6 Å². The van der Waals surface area contributed by atoms with Crippen LogP contribution in [0.2, 0.25) is 0 Å².